The second kappa shape index (κ2) is 44.5. The Morgan fingerprint density at radius 2 is 0.575 bits per heavy atom. The molecule has 0 amide bonds. The van der Waals surface area contributed by atoms with Gasteiger partial charge in [0.2, 0.25) is 46.5 Å². The predicted molar refractivity (Wildman–Crippen MR) is 438 cm³/mol. The van der Waals surface area contributed by atoms with Crippen LogP contribution in [0.15, 0.2) is 152 Å². The van der Waals surface area contributed by atoms with Crippen LogP contribution in [-0.2, 0) is 41.0 Å². The smallest absolute Gasteiger partial charge is 0.238 e. The summed E-state index contributed by atoms with van der Waals surface area (Å²) in [5.74, 6) is 6.43. The van der Waals surface area contributed by atoms with Crippen molar-refractivity contribution in [3.8, 4) is 0 Å². The highest BCUT2D eigenvalue weighted by atomic mass is 35.7. The number of pyridine rings is 5. The minimum atomic E-state index is -3.53. The van der Waals surface area contributed by atoms with Crippen molar-refractivity contribution in [1.29, 1.82) is 0 Å². The van der Waals surface area contributed by atoms with Crippen molar-refractivity contribution < 1.29 is 25.3 Å². The van der Waals surface area contributed by atoms with Crippen LogP contribution in [0.3, 0.4) is 0 Å². The standard InChI is InChI=1S/2C13H16ClN5O2S.C13H16ClN5OS.C9H8ClN5.C5H7N3.C4H2Cl2N2.C4H9ClOS.3CH4/c2*1-13(2,3)22(20,21)19-11-6-4-5-9(17-11)16-10-7-8-15-12(14)18-10;1-13(2,3)21(20)19-11-6-4-5-9(17-11)16-10-7-8-15-12(14)18-10;10-9-12-5-4-8(15-9)14-7-3-1-2-6(11)13-7;6-4-2-1-3-5(7)8-4;5-3-1-2-7-4(6)8-3;1-4(2,3)7(5)6;;;/h2*4-8H,1-3H3,(H2,15,16,17,18,19);4-8H,1-3H3,(H2,15,16,17,18,19);1-5H,(H3,11,12,13,14,15);1-3H,(H4,6,7,8);1-2H;1-3H3;3*1H4. The molecular weight excluding hydrogens is 1590 g/mol. The number of hydrogen-bond acceptors (Lipinski definition) is 28. The van der Waals surface area contributed by atoms with Gasteiger partial charge in [0.25, 0.3) is 0 Å². The quantitative estimate of drug-likeness (QED) is 0.0275. The van der Waals surface area contributed by atoms with Crippen LogP contribution in [0.25, 0.3) is 0 Å². The Morgan fingerprint density at radius 3 is 0.821 bits per heavy atom. The van der Waals surface area contributed by atoms with Crippen LogP contribution in [0.2, 0.25) is 31.6 Å². The lowest BCUT2D eigenvalue weighted by Gasteiger charge is -2.20. The number of hydrogen-bond donors (Lipinski definition) is 10. The topological polar surface area (TPSA) is 458 Å². The van der Waals surface area contributed by atoms with Gasteiger partial charge in [-0.15, -0.1) is 0 Å². The molecule has 0 radical (unpaired) electrons. The van der Waals surface area contributed by atoms with Crippen molar-refractivity contribution in [3.05, 3.63) is 184 Å². The highest BCUT2D eigenvalue weighted by molar-refractivity contribution is 8.09. The summed E-state index contributed by atoms with van der Waals surface area (Å²) < 4.78 is 76.2. The largest absolute Gasteiger partial charge is 0.384 e. The van der Waals surface area contributed by atoms with Crippen LogP contribution in [-0.4, -0.2) is 119 Å². The van der Waals surface area contributed by atoms with Gasteiger partial charge in [0.15, 0.2) is 0 Å². The Labute approximate surface area is 658 Å². The summed E-state index contributed by atoms with van der Waals surface area (Å²) in [6.07, 6.45) is 7.61. The van der Waals surface area contributed by atoms with Gasteiger partial charge in [-0.25, -0.2) is 100 Å². The lowest BCUT2D eigenvalue weighted by atomic mass is 10.3. The molecule has 2 unspecified atom stereocenters. The number of nitrogens with one attached hydrogen (secondary N) is 7. The first-order valence-electron chi connectivity index (χ1n) is 29.5. The van der Waals surface area contributed by atoms with E-state index in [1.54, 1.807) is 175 Å². The molecule has 576 valence electrons. The monoisotopic (exact) mass is 1670 g/mol. The number of halogens is 7. The predicted octanol–water partition coefficient (Wildman–Crippen LogP) is 16.2. The van der Waals surface area contributed by atoms with E-state index in [-0.39, 0.29) is 69.8 Å². The molecule has 0 aliphatic rings. The fraction of sp³-hybridized carbons (Fsp3) is 0.297. The highest BCUT2D eigenvalue weighted by Crippen LogP contribution is 2.25. The van der Waals surface area contributed by atoms with Crippen molar-refractivity contribution in [3.63, 3.8) is 0 Å². The first-order valence-corrected chi connectivity index (χ1v) is 37.9. The fourth-order valence-electron chi connectivity index (χ4n) is 5.96. The molecule has 0 saturated heterocycles. The number of rotatable bonds is 14. The van der Waals surface area contributed by atoms with Crippen LogP contribution in [0.5, 0.6) is 0 Å². The Balaban J connectivity index is 0.000000639. The molecule has 13 N–H and O–H groups in total. The molecule has 0 spiro atoms. The molecule has 10 rings (SSSR count). The molecular formula is C64H86Cl7N25O6S4. The second-order valence-electron chi connectivity index (χ2n) is 23.9. The molecule has 106 heavy (non-hydrogen) atoms. The summed E-state index contributed by atoms with van der Waals surface area (Å²) in [5.41, 5.74) is 16.1. The van der Waals surface area contributed by atoms with Gasteiger partial charge in [-0.05, 0) is 243 Å². The third-order valence-electron chi connectivity index (χ3n) is 11.3. The van der Waals surface area contributed by atoms with E-state index in [1.807, 2.05) is 41.5 Å². The number of sulfonamides is 2. The van der Waals surface area contributed by atoms with Gasteiger partial charge in [-0.2, -0.15) is 0 Å². The number of nitrogens with two attached hydrogens (primary N) is 3. The van der Waals surface area contributed by atoms with Crippen LogP contribution in [0.1, 0.15) is 105 Å². The summed E-state index contributed by atoms with van der Waals surface area (Å²) in [6, 6.07) is 33.8. The van der Waals surface area contributed by atoms with Crippen LogP contribution < -0.4 is 52.6 Å². The van der Waals surface area contributed by atoms with Crippen LogP contribution >= 0.6 is 80.3 Å². The summed E-state index contributed by atoms with van der Waals surface area (Å²) in [4.78, 5) is 58.8. The zero-order chi connectivity index (χ0) is 76.9. The van der Waals surface area contributed by atoms with Crippen molar-refractivity contribution >= 4 is 203 Å². The number of anilines is 14. The maximum atomic E-state index is 12.1. The van der Waals surface area contributed by atoms with E-state index in [1.165, 1.54) is 18.6 Å². The molecule has 0 saturated carbocycles. The van der Waals surface area contributed by atoms with E-state index in [0.717, 1.165) is 0 Å². The summed E-state index contributed by atoms with van der Waals surface area (Å²) in [7, 11) is -4.29. The first kappa shape index (κ1) is 95.4. The number of nitrogens with zero attached hydrogens (tertiary/aromatic N) is 15. The van der Waals surface area contributed by atoms with Crippen molar-refractivity contribution in [2.24, 2.45) is 0 Å². The second-order valence-corrected chi connectivity index (χ2v) is 35.3. The molecule has 0 aliphatic heterocycles. The molecule has 10 aromatic heterocycles. The minimum Gasteiger partial charge on any atom is -0.384 e. The molecule has 42 heteroatoms. The van der Waals surface area contributed by atoms with Gasteiger partial charge in [-0.1, -0.05) is 64.2 Å². The van der Waals surface area contributed by atoms with E-state index < -0.39 is 50.5 Å². The third-order valence-corrected chi connectivity index (χ3v) is 20.4. The normalized spacial score (nSPS) is 11.4. The Hall–Kier alpha value is -8.62. The van der Waals surface area contributed by atoms with Gasteiger partial charge in [-0.3, -0.25) is 14.2 Å². The van der Waals surface area contributed by atoms with Gasteiger partial charge < -0.3 is 38.5 Å². The summed E-state index contributed by atoms with van der Waals surface area (Å²) in [5, 5.41) is 12.9. The lowest BCUT2D eigenvalue weighted by molar-refractivity contribution is 0.565. The van der Waals surface area contributed by atoms with Crippen molar-refractivity contribution in [1.82, 2.24) is 74.8 Å². The maximum Gasteiger partial charge on any atom is 0.238 e. The first-order chi connectivity index (χ1) is 47.9. The highest BCUT2D eigenvalue weighted by Gasteiger charge is 2.30. The van der Waals surface area contributed by atoms with E-state index in [4.69, 9.17) is 97.5 Å². The maximum absolute atomic E-state index is 12.1. The van der Waals surface area contributed by atoms with E-state index in [0.29, 0.717) is 75.0 Å². The molecule has 0 bridgehead atoms. The fourth-order valence-corrected chi connectivity index (χ4v) is 8.88. The average Bonchev–Trinajstić information content (AvgIpc) is 0.825. The molecule has 0 fully saturated rings. The van der Waals surface area contributed by atoms with Gasteiger partial charge in [0.1, 0.15) is 108 Å². The SMILES string of the molecule is C.C.C.CC(C)(C)S(=O)(=O)Nc1cccc(Nc2ccnc(Cl)n2)n1.CC(C)(C)S(=O)(=O)Nc1cccc(Nc2ccnc(Cl)n2)n1.CC(C)(C)S(=O)Cl.CC(C)(C)S(=O)Nc1cccc(Nc2ccnc(Cl)n2)n1.Clc1ccnc(Cl)n1.Nc1cccc(N)n1.Nc1cccc(Nc2ccnc(Cl)n2)n1. The summed E-state index contributed by atoms with van der Waals surface area (Å²) in [6.45, 7) is 20.8. The third kappa shape index (κ3) is 37.1. The minimum absolute atomic E-state index is 0. The molecule has 10 heterocycles. The van der Waals surface area contributed by atoms with Crippen molar-refractivity contribution in [2.75, 3.05) is 52.6 Å². The van der Waals surface area contributed by atoms with Gasteiger partial charge >= 0.3 is 0 Å². The Bertz CT molecular complexity index is 4410. The molecule has 10 aromatic rings. The van der Waals surface area contributed by atoms with Crippen molar-refractivity contribution in [2.45, 2.75) is 124 Å². The summed E-state index contributed by atoms with van der Waals surface area (Å²) >= 11 is 33.5. The molecule has 31 nitrogen and oxygen atoms in total. The Morgan fingerprint density at radius 1 is 0.330 bits per heavy atom. The van der Waals surface area contributed by atoms with E-state index in [2.05, 4.69) is 110 Å². The lowest BCUT2D eigenvalue weighted by Crippen LogP contribution is -2.34. The number of nitrogen functional groups attached to an aromatic ring is 3. The zero-order valence-electron chi connectivity index (χ0n) is 57.1. The average molecular weight is 1680 g/mol. The molecule has 0 aliphatic carbocycles. The molecule has 0 aromatic carbocycles. The zero-order valence-corrected chi connectivity index (χ0v) is 65.7. The van der Waals surface area contributed by atoms with Gasteiger partial charge in [0, 0.05) is 31.0 Å². The van der Waals surface area contributed by atoms with Crippen LogP contribution in [0.4, 0.5) is 81.5 Å². The van der Waals surface area contributed by atoms with E-state index in [9.17, 15) is 25.3 Å². The van der Waals surface area contributed by atoms with Gasteiger partial charge in [0.05, 0.1) is 19.0 Å². The number of aromatic nitrogens is 15. The Kier molecular flexibility index (Phi) is 40.0. The van der Waals surface area contributed by atoms with E-state index >= 15 is 0 Å². The molecule has 2 atom stereocenters. The van der Waals surface area contributed by atoms with Crippen LogP contribution in [0, 0.1) is 0 Å².